The lowest BCUT2D eigenvalue weighted by Crippen LogP contribution is -2.03. The molecule has 23 heavy (non-hydrogen) atoms. The van der Waals surface area contributed by atoms with Gasteiger partial charge >= 0.3 is 0 Å². The van der Waals surface area contributed by atoms with E-state index in [-0.39, 0.29) is 11.9 Å². The van der Waals surface area contributed by atoms with Crippen LogP contribution in [0.1, 0.15) is 110 Å². The first-order chi connectivity index (χ1) is 10.6. The molecule has 0 radical (unpaired) electrons. The molecule has 0 fully saturated rings. The molecule has 0 aliphatic heterocycles. The van der Waals surface area contributed by atoms with Crippen molar-refractivity contribution in [2.24, 2.45) is 0 Å². The molecule has 0 unspecified atom stereocenters. The standard InChI is InChI=1S/C18H38O3S.H3N/c1-2-3-4-5-6-7-8-9-10-11-12-13-14-15-16-17-18-22(19,20)21;/h2-18H2,1H3,(H,19,20,21);1H3. The Morgan fingerprint density at radius 2 is 0.826 bits per heavy atom. The van der Waals surface area contributed by atoms with Gasteiger partial charge in [0.15, 0.2) is 0 Å². The molecular formula is C18H41NO3S. The molecule has 5 heteroatoms. The third-order valence-corrected chi connectivity index (χ3v) is 5.06. The predicted octanol–water partition coefficient (Wildman–Crippen LogP) is 6.30. The molecule has 0 saturated heterocycles. The molecule has 0 aliphatic carbocycles. The van der Waals surface area contributed by atoms with E-state index < -0.39 is 10.1 Å². The zero-order valence-electron chi connectivity index (χ0n) is 15.4. The monoisotopic (exact) mass is 351 g/mol. The Bertz CT molecular complexity index is 318. The van der Waals surface area contributed by atoms with Crippen LogP contribution < -0.4 is 6.15 Å². The van der Waals surface area contributed by atoms with Gasteiger partial charge in [-0.2, -0.15) is 8.42 Å². The Hall–Kier alpha value is -0.130. The average Bonchev–Trinajstić information content (AvgIpc) is 2.45. The van der Waals surface area contributed by atoms with Crippen LogP contribution in [0.5, 0.6) is 0 Å². The number of rotatable bonds is 17. The second-order valence-corrected chi connectivity index (χ2v) is 8.16. The van der Waals surface area contributed by atoms with Crippen LogP contribution in [0.25, 0.3) is 0 Å². The van der Waals surface area contributed by atoms with Gasteiger partial charge in [0.1, 0.15) is 0 Å². The Morgan fingerprint density at radius 1 is 0.565 bits per heavy atom. The first-order valence-electron chi connectivity index (χ1n) is 9.51. The Balaban J connectivity index is 0. The first-order valence-corrected chi connectivity index (χ1v) is 11.1. The minimum absolute atomic E-state index is 0. The van der Waals surface area contributed by atoms with Crippen LogP contribution >= 0.6 is 0 Å². The topological polar surface area (TPSA) is 89.4 Å². The maximum Gasteiger partial charge on any atom is 0.264 e. The van der Waals surface area contributed by atoms with Crippen molar-refractivity contribution in [2.75, 3.05) is 5.75 Å². The van der Waals surface area contributed by atoms with Gasteiger partial charge in [0.25, 0.3) is 10.1 Å². The van der Waals surface area contributed by atoms with Crippen LogP contribution in [0.2, 0.25) is 0 Å². The molecule has 0 spiro atoms. The smallest absolute Gasteiger partial charge is 0.264 e. The van der Waals surface area contributed by atoms with Crippen LogP contribution in [0.4, 0.5) is 0 Å². The largest absolute Gasteiger partial charge is 0.344 e. The van der Waals surface area contributed by atoms with E-state index in [1.54, 1.807) is 0 Å². The van der Waals surface area contributed by atoms with E-state index in [0.29, 0.717) is 6.42 Å². The van der Waals surface area contributed by atoms with Crippen molar-refractivity contribution in [1.29, 1.82) is 0 Å². The highest BCUT2D eigenvalue weighted by atomic mass is 32.2. The maximum atomic E-state index is 10.5. The summed E-state index contributed by atoms with van der Waals surface area (Å²) >= 11 is 0. The summed E-state index contributed by atoms with van der Waals surface area (Å²) in [6.07, 6.45) is 20.3. The fourth-order valence-electron chi connectivity index (χ4n) is 2.83. The highest BCUT2D eigenvalue weighted by molar-refractivity contribution is 7.85. The van der Waals surface area contributed by atoms with Crippen molar-refractivity contribution in [1.82, 2.24) is 6.15 Å². The third kappa shape index (κ3) is 24.2. The molecule has 0 aliphatic rings. The Kier molecular flexibility index (Phi) is 19.9. The van der Waals surface area contributed by atoms with Gasteiger partial charge in [-0.15, -0.1) is 0 Å². The number of hydrogen-bond donors (Lipinski definition) is 2. The third-order valence-electron chi connectivity index (χ3n) is 4.26. The van der Waals surface area contributed by atoms with Crippen LogP contribution in [0.15, 0.2) is 0 Å². The summed E-state index contributed by atoms with van der Waals surface area (Å²) in [5, 5.41) is 0. The lowest BCUT2D eigenvalue weighted by atomic mass is 10.0. The predicted molar refractivity (Wildman–Crippen MR) is 101 cm³/mol. The molecule has 0 bridgehead atoms. The minimum Gasteiger partial charge on any atom is -0.344 e. The highest BCUT2D eigenvalue weighted by Crippen LogP contribution is 2.13. The molecule has 0 amide bonds. The fraction of sp³-hybridized carbons (Fsp3) is 1.00. The summed E-state index contributed by atoms with van der Waals surface area (Å²) in [6, 6.07) is 0. The van der Waals surface area contributed by atoms with Gasteiger partial charge in [-0.3, -0.25) is 4.55 Å². The second-order valence-electron chi connectivity index (χ2n) is 6.59. The molecule has 0 aromatic rings. The van der Waals surface area contributed by atoms with Crippen molar-refractivity contribution in [3.8, 4) is 0 Å². The lowest BCUT2D eigenvalue weighted by molar-refractivity contribution is 0.478. The first kappa shape index (κ1) is 25.1. The summed E-state index contributed by atoms with van der Waals surface area (Å²) in [6.45, 7) is 2.26. The van der Waals surface area contributed by atoms with Crippen molar-refractivity contribution in [2.45, 2.75) is 110 Å². The summed E-state index contributed by atoms with van der Waals surface area (Å²) in [4.78, 5) is 0. The van der Waals surface area contributed by atoms with E-state index in [2.05, 4.69) is 6.92 Å². The zero-order valence-corrected chi connectivity index (χ0v) is 16.2. The van der Waals surface area contributed by atoms with E-state index in [1.807, 2.05) is 0 Å². The van der Waals surface area contributed by atoms with Crippen molar-refractivity contribution in [3.63, 3.8) is 0 Å². The van der Waals surface area contributed by atoms with Gasteiger partial charge in [-0.25, -0.2) is 0 Å². The molecule has 0 atom stereocenters. The van der Waals surface area contributed by atoms with Crippen molar-refractivity contribution >= 4 is 10.1 Å². The molecule has 142 valence electrons. The van der Waals surface area contributed by atoms with Gasteiger partial charge in [-0.05, 0) is 6.42 Å². The Morgan fingerprint density at radius 3 is 1.09 bits per heavy atom. The van der Waals surface area contributed by atoms with Gasteiger partial charge in [0, 0.05) is 0 Å². The molecule has 4 N–H and O–H groups in total. The summed E-state index contributed by atoms with van der Waals surface area (Å²) in [7, 11) is -3.74. The van der Waals surface area contributed by atoms with Gasteiger partial charge < -0.3 is 6.15 Å². The van der Waals surface area contributed by atoms with E-state index >= 15 is 0 Å². The summed E-state index contributed by atoms with van der Waals surface area (Å²) < 4.78 is 29.7. The minimum atomic E-state index is -3.74. The molecular weight excluding hydrogens is 310 g/mol. The molecule has 4 nitrogen and oxygen atoms in total. The Labute approximate surface area is 145 Å². The molecule has 0 saturated carbocycles. The second kappa shape index (κ2) is 18.2. The molecule has 0 heterocycles. The SMILES string of the molecule is CCCCCCCCCCCCCCCCCCS(=O)(=O)O.N. The zero-order chi connectivity index (χ0) is 16.5. The van der Waals surface area contributed by atoms with Crippen LogP contribution in [0.3, 0.4) is 0 Å². The van der Waals surface area contributed by atoms with Crippen molar-refractivity contribution < 1.29 is 13.0 Å². The average molecular weight is 352 g/mol. The van der Waals surface area contributed by atoms with Gasteiger partial charge in [0.2, 0.25) is 0 Å². The van der Waals surface area contributed by atoms with E-state index in [1.165, 1.54) is 83.5 Å². The fourth-order valence-corrected chi connectivity index (χ4v) is 3.40. The molecule has 0 aromatic heterocycles. The van der Waals surface area contributed by atoms with Gasteiger partial charge in [0.05, 0.1) is 5.75 Å². The molecule has 0 aromatic carbocycles. The summed E-state index contributed by atoms with van der Waals surface area (Å²) in [5.74, 6) is -0.0779. The van der Waals surface area contributed by atoms with Gasteiger partial charge in [-0.1, -0.05) is 103 Å². The maximum absolute atomic E-state index is 10.5. The normalized spacial score (nSPS) is 11.4. The highest BCUT2D eigenvalue weighted by Gasteiger charge is 2.02. The van der Waals surface area contributed by atoms with Crippen molar-refractivity contribution in [3.05, 3.63) is 0 Å². The quantitative estimate of drug-likeness (QED) is 0.238. The summed E-state index contributed by atoms with van der Waals surface area (Å²) in [5.41, 5.74) is 0. The van der Waals surface area contributed by atoms with Crippen LogP contribution in [-0.4, -0.2) is 18.7 Å². The van der Waals surface area contributed by atoms with E-state index in [0.717, 1.165) is 12.8 Å². The van der Waals surface area contributed by atoms with E-state index in [4.69, 9.17) is 4.55 Å². The number of hydrogen-bond acceptors (Lipinski definition) is 3. The molecule has 0 rings (SSSR count). The van der Waals surface area contributed by atoms with Crippen LogP contribution in [-0.2, 0) is 10.1 Å². The van der Waals surface area contributed by atoms with E-state index in [9.17, 15) is 8.42 Å². The lowest BCUT2D eigenvalue weighted by Gasteiger charge is -2.03. The number of unbranched alkanes of at least 4 members (excludes halogenated alkanes) is 15. The van der Waals surface area contributed by atoms with Crippen LogP contribution in [0, 0.1) is 0 Å².